The van der Waals surface area contributed by atoms with Crippen LogP contribution in [-0.2, 0) is 4.79 Å². The Morgan fingerprint density at radius 2 is 2.23 bits per heavy atom. The van der Waals surface area contributed by atoms with Gasteiger partial charge in [-0.2, -0.15) is 0 Å². The first-order valence-electron chi connectivity index (χ1n) is 4.22. The largest absolute Gasteiger partial charge is 0.349 e. The fourth-order valence-electron chi connectivity index (χ4n) is 1.44. The van der Waals surface area contributed by atoms with E-state index in [4.69, 9.17) is 0 Å². The summed E-state index contributed by atoms with van der Waals surface area (Å²) < 4.78 is 1.11. The van der Waals surface area contributed by atoms with Gasteiger partial charge < -0.3 is 5.32 Å². The van der Waals surface area contributed by atoms with Crippen molar-refractivity contribution in [2.24, 2.45) is 0 Å². The van der Waals surface area contributed by atoms with Gasteiger partial charge in [-0.1, -0.05) is 28.1 Å². The predicted octanol–water partition coefficient (Wildman–Crippen LogP) is 2.32. The Morgan fingerprint density at radius 3 is 2.77 bits per heavy atom. The molecular weight excluding hydrogens is 230 g/mol. The highest BCUT2D eigenvalue weighted by molar-refractivity contribution is 9.10. The van der Waals surface area contributed by atoms with Crippen molar-refractivity contribution in [1.29, 1.82) is 0 Å². The molecule has 1 aromatic rings. The summed E-state index contributed by atoms with van der Waals surface area (Å²) in [6.07, 6.45) is 0.626. The predicted molar refractivity (Wildman–Crippen MR) is 54.4 cm³/mol. The molecule has 3 heteroatoms. The van der Waals surface area contributed by atoms with Crippen LogP contribution in [0.3, 0.4) is 0 Å². The Labute approximate surface area is 85.5 Å². The minimum absolute atomic E-state index is 0.144. The standard InChI is InChI=1S/C10H10BrNO/c1-6-4-7(2-3-8(6)11)9-5-10(13)12-9/h2-4,9H,5H2,1H3,(H,12,13). The van der Waals surface area contributed by atoms with Crippen LogP contribution >= 0.6 is 15.9 Å². The fourth-order valence-corrected chi connectivity index (χ4v) is 1.69. The second kappa shape index (κ2) is 3.14. The van der Waals surface area contributed by atoms with Gasteiger partial charge in [-0.15, -0.1) is 0 Å². The molecule has 0 spiro atoms. The van der Waals surface area contributed by atoms with Crippen LogP contribution in [0.5, 0.6) is 0 Å². The molecule has 0 aliphatic carbocycles. The first-order chi connectivity index (χ1) is 6.16. The van der Waals surface area contributed by atoms with Gasteiger partial charge in [0.25, 0.3) is 0 Å². The van der Waals surface area contributed by atoms with Gasteiger partial charge >= 0.3 is 0 Å². The number of nitrogens with one attached hydrogen (secondary N) is 1. The molecule has 1 fully saturated rings. The van der Waals surface area contributed by atoms with Crippen molar-refractivity contribution in [3.8, 4) is 0 Å². The maximum Gasteiger partial charge on any atom is 0.222 e. The maximum absolute atomic E-state index is 10.7. The lowest BCUT2D eigenvalue weighted by atomic mass is 9.96. The molecule has 1 unspecified atom stereocenters. The molecule has 0 bridgehead atoms. The quantitative estimate of drug-likeness (QED) is 0.750. The van der Waals surface area contributed by atoms with Crippen LogP contribution < -0.4 is 5.32 Å². The highest BCUT2D eigenvalue weighted by Gasteiger charge is 2.26. The van der Waals surface area contributed by atoms with E-state index in [9.17, 15) is 4.79 Å². The van der Waals surface area contributed by atoms with Crippen molar-refractivity contribution >= 4 is 21.8 Å². The molecule has 68 valence electrons. The van der Waals surface area contributed by atoms with Gasteiger partial charge in [0.1, 0.15) is 0 Å². The summed E-state index contributed by atoms with van der Waals surface area (Å²) in [4.78, 5) is 10.7. The zero-order valence-corrected chi connectivity index (χ0v) is 8.89. The van der Waals surface area contributed by atoms with Crippen molar-refractivity contribution in [3.05, 3.63) is 33.8 Å². The summed E-state index contributed by atoms with van der Waals surface area (Å²) in [5.74, 6) is 0.144. The summed E-state index contributed by atoms with van der Waals surface area (Å²) in [6, 6.07) is 6.41. The second-order valence-corrected chi connectivity index (χ2v) is 4.19. The van der Waals surface area contributed by atoms with Crippen molar-refractivity contribution < 1.29 is 4.79 Å². The van der Waals surface area contributed by atoms with E-state index < -0.39 is 0 Å². The molecule has 1 aliphatic rings. The van der Waals surface area contributed by atoms with Gasteiger partial charge in [-0.3, -0.25) is 4.79 Å². The molecule has 2 nitrogen and oxygen atoms in total. The van der Waals surface area contributed by atoms with Gasteiger partial charge in [0.15, 0.2) is 0 Å². The molecule has 1 saturated heterocycles. The third kappa shape index (κ3) is 1.61. The van der Waals surface area contributed by atoms with Crippen LogP contribution in [0.25, 0.3) is 0 Å². The highest BCUT2D eigenvalue weighted by atomic mass is 79.9. The minimum atomic E-state index is 0.144. The van der Waals surface area contributed by atoms with Gasteiger partial charge in [0.05, 0.1) is 12.5 Å². The third-order valence-electron chi connectivity index (χ3n) is 2.31. The molecule has 1 amide bonds. The van der Waals surface area contributed by atoms with Crippen molar-refractivity contribution in [2.75, 3.05) is 0 Å². The zero-order valence-electron chi connectivity index (χ0n) is 7.30. The van der Waals surface area contributed by atoms with Crippen LogP contribution in [0.2, 0.25) is 0 Å². The lowest BCUT2D eigenvalue weighted by Crippen LogP contribution is -2.41. The van der Waals surface area contributed by atoms with Crippen LogP contribution in [0.15, 0.2) is 22.7 Å². The molecule has 0 radical (unpaired) electrons. The molecule has 0 saturated carbocycles. The SMILES string of the molecule is Cc1cc(C2CC(=O)N2)ccc1Br. The number of hydrogen-bond acceptors (Lipinski definition) is 1. The highest BCUT2D eigenvalue weighted by Crippen LogP contribution is 2.27. The number of β-lactam (4-membered cyclic amide) rings is 1. The topological polar surface area (TPSA) is 29.1 Å². The lowest BCUT2D eigenvalue weighted by Gasteiger charge is -2.27. The van der Waals surface area contributed by atoms with E-state index in [1.807, 2.05) is 19.1 Å². The summed E-state index contributed by atoms with van der Waals surface area (Å²) in [5.41, 5.74) is 2.40. The Morgan fingerprint density at radius 1 is 1.54 bits per heavy atom. The monoisotopic (exact) mass is 239 g/mol. The number of hydrogen-bond donors (Lipinski definition) is 1. The molecular formula is C10H10BrNO. The van der Waals surface area contributed by atoms with Crippen LogP contribution in [0.4, 0.5) is 0 Å². The molecule has 1 N–H and O–H groups in total. The molecule has 1 aromatic carbocycles. The second-order valence-electron chi connectivity index (χ2n) is 3.33. The Balaban J connectivity index is 2.22. The van der Waals surface area contributed by atoms with E-state index in [0.29, 0.717) is 6.42 Å². The van der Waals surface area contributed by atoms with Gasteiger partial charge in [0.2, 0.25) is 5.91 Å². The van der Waals surface area contributed by atoms with Crippen molar-refractivity contribution in [1.82, 2.24) is 5.32 Å². The Hall–Kier alpha value is -0.830. The van der Waals surface area contributed by atoms with Crippen LogP contribution in [0, 0.1) is 6.92 Å². The Bertz CT molecular complexity index is 354. The van der Waals surface area contributed by atoms with E-state index in [-0.39, 0.29) is 11.9 Å². The molecule has 2 rings (SSSR count). The fraction of sp³-hybridized carbons (Fsp3) is 0.300. The van der Waals surface area contributed by atoms with E-state index in [1.54, 1.807) is 0 Å². The molecule has 1 heterocycles. The minimum Gasteiger partial charge on any atom is -0.349 e. The number of carbonyl (C=O) groups is 1. The average Bonchev–Trinajstić information content (AvgIpc) is 2.05. The molecule has 13 heavy (non-hydrogen) atoms. The summed E-state index contributed by atoms with van der Waals surface area (Å²) >= 11 is 3.44. The molecule has 1 aliphatic heterocycles. The number of carbonyl (C=O) groups excluding carboxylic acids is 1. The molecule has 1 atom stereocenters. The third-order valence-corrected chi connectivity index (χ3v) is 3.20. The summed E-state index contributed by atoms with van der Waals surface area (Å²) in [6.45, 7) is 2.05. The van der Waals surface area contributed by atoms with Crippen molar-refractivity contribution in [3.63, 3.8) is 0 Å². The molecule has 0 aromatic heterocycles. The van der Waals surface area contributed by atoms with E-state index in [0.717, 1.165) is 4.47 Å². The first-order valence-corrected chi connectivity index (χ1v) is 5.01. The average molecular weight is 240 g/mol. The van der Waals surface area contributed by atoms with Gasteiger partial charge in [0, 0.05) is 4.47 Å². The normalized spacial score (nSPS) is 20.8. The number of aryl methyl sites for hydroxylation is 1. The lowest BCUT2D eigenvalue weighted by molar-refractivity contribution is -0.128. The summed E-state index contributed by atoms with van der Waals surface area (Å²) in [7, 11) is 0. The van der Waals surface area contributed by atoms with Gasteiger partial charge in [-0.25, -0.2) is 0 Å². The number of halogens is 1. The van der Waals surface area contributed by atoms with E-state index >= 15 is 0 Å². The van der Waals surface area contributed by atoms with Crippen molar-refractivity contribution in [2.45, 2.75) is 19.4 Å². The van der Waals surface area contributed by atoms with Gasteiger partial charge in [-0.05, 0) is 24.1 Å². The number of amides is 1. The van der Waals surface area contributed by atoms with E-state index in [2.05, 4.69) is 27.3 Å². The number of benzene rings is 1. The van der Waals surface area contributed by atoms with Crippen LogP contribution in [0.1, 0.15) is 23.6 Å². The maximum atomic E-state index is 10.7. The number of rotatable bonds is 1. The first kappa shape index (κ1) is 8.75. The van der Waals surface area contributed by atoms with E-state index in [1.165, 1.54) is 11.1 Å². The van der Waals surface area contributed by atoms with Crippen LogP contribution in [-0.4, -0.2) is 5.91 Å². The summed E-state index contributed by atoms with van der Waals surface area (Å²) in [5, 5.41) is 2.85. The Kier molecular flexibility index (Phi) is 2.12. The smallest absolute Gasteiger partial charge is 0.222 e. The zero-order chi connectivity index (χ0) is 9.42.